The number of esters is 1. The van der Waals surface area contributed by atoms with Crippen molar-refractivity contribution < 1.29 is 42.9 Å². The highest BCUT2D eigenvalue weighted by Gasteiger charge is 2.52. The second-order valence-electron chi connectivity index (χ2n) is 15.3. The number of amides is 4. The minimum atomic E-state index is -0.997. The highest BCUT2D eigenvalue weighted by molar-refractivity contribution is 6.09. The molecule has 2 heterocycles. The van der Waals surface area contributed by atoms with Crippen LogP contribution in [0.1, 0.15) is 87.9 Å². The first kappa shape index (κ1) is 40.2. The summed E-state index contributed by atoms with van der Waals surface area (Å²) in [6.07, 6.45) is -1.41. The number of β-lactam (4-membered cyclic amide) rings is 1. The maximum atomic E-state index is 13.8. The lowest BCUT2D eigenvalue weighted by atomic mass is 9.87. The van der Waals surface area contributed by atoms with Crippen LogP contribution in [0.25, 0.3) is 0 Å². The number of imide groups is 2. The molecule has 12 heteroatoms. The number of ether oxygens (including phenoxy) is 4. The van der Waals surface area contributed by atoms with Crippen LogP contribution in [0, 0.1) is 5.92 Å². The summed E-state index contributed by atoms with van der Waals surface area (Å²) in [5.74, 6) is -2.09. The van der Waals surface area contributed by atoms with Crippen LogP contribution in [0.4, 0.5) is 15.4 Å². The van der Waals surface area contributed by atoms with Gasteiger partial charge in [0.15, 0.2) is 6.23 Å². The van der Waals surface area contributed by atoms with Crippen LogP contribution in [0.5, 0.6) is 5.75 Å². The normalized spacial score (nSPS) is 16.0. The van der Waals surface area contributed by atoms with E-state index in [2.05, 4.69) is 4.98 Å². The van der Waals surface area contributed by atoms with Gasteiger partial charge in [0.1, 0.15) is 29.4 Å². The zero-order valence-corrected chi connectivity index (χ0v) is 32.2. The first-order valence-electron chi connectivity index (χ1n) is 18.1. The number of carbonyl (C=O) groups excluding carboxylic acids is 5. The van der Waals surface area contributed by atoms with Gasteiger partial charge >= 0.3 is 18.2 Å². The summed E-state index contributed by atoms with van der Waals surface area (Å²) in [4.78, 5) is 72.9. The van der Waals surface area contributed by atoms with E-state index >= 15 is 0 Å². The predicted molar refractivity (Wildman–Crippen MR) is 204 cm³/mol. The molecule has 0 bridgehead atoms. The molecular weight excluding hydrogens is 702 g/mol. The molecule has 4 amide bonds. The van der Waals surface area contributed by atoms with E-state index in [-0.39, 0.29) is 31.2 Å². The molecular formula is C43H47N3O9. The van der Waals surface area contributed by atoms with E-state index in [1.807, 2.05) is 67.6 Å². The van der Waals surface area contributed by atoms with Crippen LogP contribution in [-0.2, 0) is 36.8 Å². The summed E-state index contributed by atoms with van der Waals surface area (Å²) in [5.41, 5.74) is 0.801. The fourth-order valence-electron chi connectivity index (χ4n) is 5.83. The Labute approximate surface area is 321 Å². The van der Waals surface area contributed by atoms with Crippen molar-refractivity contribution in [2.45, 2.75) is 91.3 Å². The largest absolute Gasteiger partial charge is 0.469 e. The second-order valence-corrected chi connectivity index (χ2v) is 15.3. The number of hydrogen-bond acceptors (Lipinski definition) is 10. The van der Waals surface area contributed by atoms with Crippen LogP contribution in [-0.4, -0.2) is 57.3 Å². The molecule has 0 N–H and O–H groups in total. The summed E-state index contributed by atoms with van der Waals surface area (Å²) in [7, 11) is 0. The molecule has 5 rings (SSSR count). The third-order valence-corrected chi connectivity index (χ3v) is 8.48. The summed E-state index contributed by atoms with van der Waals surface area (Å²) in [6, 6.07) is 28.3. The monoisotopic (exact) mass is 749 g/mol. The van der Waals surface area contributed by atoms with Crippen molar-refractivity contribution in [1.82, 2.24) is 9.88 Å². The standard InChI is InChI=1S/C43H47N3O9/c1-28(31-16-12-9-13-17-31)24-36(47)46-37(48)34(38(46)53-33-20-18-32(19-21-33)39(49)52-27-29-14-10-8-11-15-29)25-30-22-23-44-35(26-30)45(40(50)54-42(2,3)4)41(51)55-43(5,6)7/h8-23,26,28,34,38H,24-25,27H2,1-7H3/t28-,34?,38+/m0/s1. The molecule has 0 aliphatic carbocycles. The predicted octanol–water partition coefficient (Wildman–Crippen LogP) is 8.24. The average molecular weight is 750 g/mol. The Morgan fingerprint density at radius 2 is 1.36 bits per heavy atom. The molecule has 1 aliphatic heterocycles. The lowest BCUT2D eigenvalue weighted by Crippen LogP contribution is -2.66. The zero-order chi connectivity index (χ0) is 39.9. The van der Waals surface area contributed by atoms with E-state index < -0.39 is 53.3 Å². The number of carbonyl (C=O) groups is 5. The number of pyridine rings is 1. The van der Waals surface area contributed by atoms with Gasteiger partial charge < -0.3 is 18.9 Å². The lowest BCUT2D eigenvalue weighted by molar-refractivity contribution is -0.183. The number of anilines is 1. The van der Waals surface area contributed by atoms with Crippen LogP contribution < -0.4 is 9.64 Å². The topological polar surface area (TPSA) is 142 Å². The summed E-state index contributed by atoms with van der Waals surface area (Å²) >= 11 is 0. The summed E-state index contributed by atoms with van der Waals surface area (Å²) in [6.45, 7) is 12.1. The molecule has 55 heavy (non-hydrogen) atoms. The molecule has 1 fully saturated rings. The van der Waals surface area contributed by atoms with E-state index in [1.165, 1.54) is 12.3 Å². The van der Waals surface area contributed by atoms with Crippen LogP contribution in [0.15, 0.2) is 103 Å². The molecule has 288 valence electrons. The molecule has 1 unspecified atom stereocenters. The Bertz CT molecular complexity index is 1960. The molecule has 12 nitrogen and oxygen atoms in total. The zero-order valence-electron chi connectivity index (χ0n) is 32.2. The number of aromatic nitrogens is 1. The quantitative estimate of drug-likeness (QED) is 0.0836. The van der Waals surface area contributed by atoms with Crippen LogP contribution >= 0.6 is 0 Å². The van der Waals surface area contributed by atoms with Gasteiger partial charge in [0, 0.05) is 12.6 Å². The molecule has 1 aromatic heterocycles. The molecule has 4 aromatic rings. The number of nitrogens with zero attached hydrogens (tertiary/aromatic N) is 3. The van der Waals surface area contributed by atoms with Gasteiger partial charge in [-0.3, -0.25) is 9.59 Å². The first-order chi connectivity index (χ1) is 26.0. The van der Waals surface area contributed by atoms with Gasteiger partial charge in [-0.1, -0.05) is 67.6 Å². The van der Waals surface area contributed by atoms with Crippen LogP contribution in [0.3, 0.4) is 0 Å². The Hall–Kier alpha value is -6.04. The van der Waals surface area contributed by atoms with Crippen molar-refractivity contribution in [3.05, 3.63) is 126 Å². The fourth-order valence-corrected chi connectivity index (χ4v) is 5.83. The van der Waals surface area contributed by atoms with Gasteiger partial charge in [0.05, 0.1) is 11.5 Å². The third-order valence-electron chi connectivity index (χ3n) is 8.48. The van der Waals surface area contributed by atoms with Crippen molar-refractivity contribution >= 4 is 35.8 Å². The lowest BCUT2D eigenvalue weighted by Gasteiger charge is -2.45. The average Bonchev–Trinajstić information content (AvgIpc) is 3.12. The van der Waals surface area contributed by atoms with Gasteiger partial charge in [0.25, 0.3) is 0 Å². The molecule has 3 aromatic carbocycles. The van der Waals surface area contributed by atoms with Gasteiger partial charge in [-0.15, -0.1) is 0 Å². The number of benzene rings is 3. The molecule has 1 saturated heterocycles. The van der Waals surface area contributed by atoms with Gasteiger partial charge in [-0.25, -0.2) is 24.3 Å². The molecule has 1 aliphatic rings. The van der Waals surface area contributed by atoms with Gasteiger partial charge in [0.2, 0.25) is 11.8 Å². The van der Waals surface area contributed by atoms with Crippen molar-refractivity contribution in [1.29, 1.82) is 0 Å². The number of likely N-dealkylation sites (tertiary alicyclic amines) is 1. The Morgan fingerprint density at radius 3 is 1.95 bits per heavy atom. The van der Waals surface area contributed by atoms with Gasteiger partial charge in [-0.2, -0.15) is 4.90 Å². The molecule has 0 saturated carbocycles. The first-order valence-corrected chi connectivity index (χ1v) is 18.1. The van der Waals surface area contributed by atoms with E-state index in [4.69, 9.17) is 18.9 Å². The number of hydrogen-bond donors (Lipinski definition) is 0. The van der Waals surface area contributed by atoms with Crippen molar-refractivity contribution in [3.63, 3.8) is 0 Å². The minimum absolute atomic E-state index is 0.0642. The van der Waals surface area contributed by atoms with E-state index in [0.717, 1.165) is 16.0 Å². The Balaban J connectivity index is 1.38. The molecule has 0 radical (unpaired) electrons. The van der Waals surface area contributed by atoms with Crippen LogP contribution in [0.2, 0.25) is 0 Å². The molecule has 3 atom stereocenters. The smallest absolute Gasteiger partial charge is 0.425 e. The highest BCUT2D eigenvalue weighted by Crippen LogP contribution is 2.35. The maximum absolute atomic E-state index is 13.8. The Morgan fingerprint density at radius 1 is 0.782 bits per heavy atom. The van der Waals surface area contributed by atoms with Crippen molar-refractivity contribution in [3.8, 4) is 5.75 Å². The van der Waals surface area contributed by atoms with E-state index in [0.29, 0.717) is 21.8 Å². The second kappa shape index (κ2) is 17.0. The molecule has 0 spiro atoms. The van der Waals surface area contributed by atoms with Crippen molar-refractivity contribution in [2.24, 2.45) is 5.92 Å². The van der Waals surface area contributed by atoms with Gasteiger partial charge in [-0.05, 0) is 107 Å². The SMILES string of the molecule is C[C@@H](CC(=O)N1C(=O)C(Cc2ccnc(N(C(=O)OC(C)(C)C)C(=O)OC(C)(C)C)c2)[C@H]1Oc1ccc(C(=O)OCc2ccccc2)cc1)c1ccccc1. The van der Waals surface area contributed by atoms with E-state index in [1.54, 1.807) is 71.9 Å². The van der Waals surface area contributed by atoms with E-state index in [9.17, 15) is 24.0 Å². The third kappa shape index (κ3) is 10.8. The summed E-state index contributed by atoms with van der Waals surface area (Å²) < 4.78 is 22.8. The fraction of sp³-hybridized carbons (Fsp3) is 0.349. The highest BCUT2D eigenvalue weighted by atomic mass is 16.6. The Kier molecular flexibility index (Phi) is 12.4. The maximum Gasteiger partial charge on any atom is 0.425 e. The number of rotatable bonds is 11. The minimum Gasteiger partial charge on any atom is -0.469 e. The van der Waals surface area contributed by atoms with Crippen molar-refractivity contribution in [2.75, 3.05) is 4.90 Å². The summed E-state index contributed by atoms with van der Waals surface area (Å²) in [5, 5.41) is 0.